The maximum atomic E-state index is 10.4. The largest absolute Gasteiger partial charge is 0.478 e. The number of unbranched alkanes of at least 4 members (excludes halogenated alkanes) is 1. The van der Waals surface area contributed by atoms with Gasteiger partial charge in [0, 0.05) is 11.6 Å². The van der Waals surface area contributed by atoms with E-state index in [1.165, 1.54) is 19.9 Å². The van der Waals surface area contributed by atoms with Crippen LogP contribution in [0, 0.1) is 0 Å². The van der Waals surface area contributed by atoms with Crippen molar-refractivity contribution in [3.05, 3.63) is 24.8 Å². The third-order valence-electron chi connectivity index (χ3n) is 1.97. The van der Waals surface area contributed by atoms with Gasteiger partial charge in [-0.05, 0) is 27.2 Å². The van der Waals surface area contributed by atoms with Crippen molar-refractivity contribution < 1.29 is 33.8 Å². The Bertz CT molecular complexity index is 413. The smallest absolute Gasteiger partial charge is 0.330 e. The Hall–Kier alpha value is -2.44. The minimum Gasteiger partial charge on any atom is -0.478 e. The summed E-state index contributed by atoms with van der Waals surface area (Å²) < 4.78 is 9.17. The van der Waals surface area contributed by atoms with Crippen molar-refractivity contribution in [2.24, 2.45) is 0 Å². The van der Waals surface area contributed by atoms with Gasteiger partial charge in [-0.3, -0.25) is 9.59 Å². The molecule has 0 rings (SSSR count). The summed E-state index contributed by atoms with van der Waals surface area (Å²) >= 11 is 0. The second-order valence-corrected chi connectivity index (χ2v) is 4.49. The standard InChI is InChI=1S/C7H12O2.C6H10O3.C4H6O2/c1-3-5-6-9-7(8)4-2;1-3-9-6(8)4-5(2)7;1-3(2)4(5)6/h4H,2-3,5-6H2,1H3;3-4H2,1-2H3;1H2,2H3,(H,5,6). The molecule has 0 fully saturated rings. The summed E-state index contributed by atoms with van der Waals surface area (Å²) in [4.78, 5) is 40.6. The van der Waals surface area contributed by atoms with E-state index in [4.69, 9.17) is 5.11 Å². The number of carboxylic acids is 1. The van der Waals surface area contributed by atoms with E-state index in [1.807, 2.05) is 6.92 Å². The molecule has 0 aromatic heterocycles. The zero-order valence-electron chi connectivity index (χ0n) is 14.9. The van der Waals surface area contributed by atoms with Crippen LogP contribution in [0.2, 0.25) is 0 Å². The van der Waals surface area contributed by atoms with E-state index in [-0.39, 0.29) is 23.7 Å². The zero-order valence-corrected chi connectivity index (χ0v) is 14.9. The Morgan fingerprint density at radius 3 is 1.88 bits per heavy atom. The molecular weight excluding hydrogens is 316 g/mol. The second kappa shape index (κ2) is 18.6. The molecule has 0 unspecified atom stereocenters. The van der Waals surface area contributed by atoms with Gasteiger partial charge in [-0.1, -0.05) is 26.5 Å². The van der Waals surface area contributed by atoms with Crippen LogP contribution >= 0.6 is 0 Å². The van der Waals surface area contributed by atoms with Crippen molar-refractivity contribution >= 4 is 23.7 Å². The molecule has 7 heteroatoms. The lowest BCUT2D eigenvalue weighted by Gasteiger charge is -1.97. The molecule has 0 radical (unpaired) electrons. The maximum absolute atomic E-state index is 10.4. The summed E-state index contributed by atoms with van der Waals surface area (Å²) in [7, 11) is 0. The first kappa shape index (κ1) is 26.5. The van der Waals surface area contributed by atoms with Gasteiger partial charge in [-0.2, -0.15) is 0 Å². The molecule has 0 heterocycles. The third kappa shape index (κ3) is 27.8. The third-order valence-corrected chi connectivity index (χ3v) is 1.97. The van der Waals surface area contributed by atoms with Crippen molar-refractivity contribution in [1.82, 2.24) is 0 Å². The molecule has 0 aromatic carbocycles. The predicted octanol–water partition coefficient (Wildman–Crippen LogP) is 2.69. The Morgan fingerprint density at radius 1 is 1.08 bits per heavy atom. The molecule has 138 valence electrons. The number of hydrogen-bond acceptors (Lipinski definition) is 6. The van der Waals surface area contributed by atoms with Gasteiger partial charge in [0.05, 0.1) is 13.2 Å². The first-order valence-electron chi connectivity index (χ1n) is 7.45. The number of rotatable bonds is 8. The van der Waals surface area contributed by atoms with Crippen molar-refractivity contribution in [2.45, 2.75) is 47.0 Å². The number of ether oxygens (including phenoxy) is 2. The number of carbonyl (C=O) groups is 4. The molecular formula is C17H28O7. The van der Waals surface area contributed by atoms with E-state index in [9.17, 15) is 19.2 Å². The van der Waals surface area contributed by atoms with Crippen LogP contribution in [0.25, 0.3) is 0 Å². The molecule has 0 saturated heterocycles. The van der Waals surface area contributed by atoms with Crippen molar-refractivity contribution in [1.29, 1.82) is 0 Å². The van der Waals surface area contributed by atoms with Crippen LogP contribution in [0.15, 0.2) is 24.8 Å². The highest BCUT2D eigenvalue weighted by molar-refractivity contribution is 5.94. The minimum absolute atomic E-state index is 0.103. The minimum atomic E-state index is -0.935. The molecule has 0 aliphatic rings. The summed E-state index contributed by atoms with van der Waals surface area (Å²) in [6.07, 6.45) is 3.05. The fraction of sp³-hybridized carbons (Fsp3) is 0.529. The van der Waals surface area contributed by atoms with Crippen molar-refractivity contribution in [3.8, 4) is 0 Å². The van der Waals surface area contributed by atoms with E-state index >= 15 is 0 Å². The monoisotopic (exact) mass is 344 g/mol. The van der Waals surface area contributed by atoms with Crippen LogP contribution < -0.4 is 0 Å². The van der Waals surface area contributed by atoms with Gasteiger partial charge in [-0.15, -0.1) is 0 Å². The summed E-state index contributed by atoms with van der Waals surface area (Å²) in [5.74, 6) is -1.86. The Kier molecular flexibility index (Phi) is 20.5. The number of carbonyl (C=O) groups excluding carboxylic acids is 3. The molecule has 0 aliphatic heterocycles. The topological polar surface area (TPSA) is 107 Å². The predicted molar refractivity (Wildman–Crippen MR) is 90.4 cm³/mol. The first-order chi connectivity index (χ1) is 11.1. The van der Waals surface area contributed by atoms with E-state index in [0.717, 1.165) is 12.8 Å². The maximum Gasteiger partial charge on any atom is 0.330 e. The average Bonchev–Trinajstić information content (AvgIpc) is 2.48. The van der Waals surface area contributed by atoms with Crippen LogP contribution in [0.4, 0.5) is 0 Å². The van der Waals surface area contributed by atoms with E-state index < -0.39 is 11.9 Å². The average molecular weight is 344 g/mol. The van der Waals surface area contributed by atoms with Gasteiger partial charge in [0.25, 0.3) is 0 Å². The van der Waals surface area contributed by atoms with Crippen molar-refractivity contribution in [3.63, 3.8) is 0 Å². The number of aliphatic carboxylic acids is 1. The molecule has 0 aliphatic carbocycles. The molecule has 0 atom stereocenters. The highest BCUT2D eigenvalue weighted by atomic mass is 16.5. The van der Waals surface area contributed by atoms with Crippen LogP contribution in [-0.2, 0) is 28.7 Å². The summed E-state index contributed by atoms with van der Waals surface area (Å²) in [6.45, 7) is 13.8. The number of esters is 2. The summed E-state index contributed by atoms with van der Waals surface area (Å²) in [5, 5.41) is 7.89. The zero-order chi connectivity index (χ0) is 19.5. The molecule has 0 aromatic rings. The molecule has 0 saturated carbocycles. The van der Waals surface area contributed by atoms with Gasteiger partial charge in [0.1, 0.15) is 12.2 Å². The number of carboxylic acid groups (broad SMARTS) is 1. The number of hydrogen-bond donors (Lipinski definition) is 1. The normalized spacial score (nSPS) is 8.33. The van der Waals surface area contributed by atoms with Crippen LogP contribution in [0.1, 0.15) is 47.0 Å². The second-order valence-electron chi connectivity index (χ2n) is 4.49. The van der Waals surface area contributed by atoms with Crippen LogP contribution in [0.3, 0.4) is 0 Å². The van der Waals surface area contributed by atoms with Gasteiger partial charge in [0.15, 0.2) is 0 Å². The molecule has 0 amide bonds. The SMILES string of the molecule is C=C(C)C(=O)O.C=CC(=O)OCCCC.CCOC(=O)CC(C)=O. The quantitative estimate of drug-likeness (QED) is 0.312. The lowest BCUT2D eigenvalue weighted by Crippen LogP contribution is -2.07. The van der Waals surface area contributed by atoms with Gasteiger partial charge < -0.3 is 14.6 Å². The van der Waals surface area contributed by atoms with Crippen molar-refractivity contribution in [2.75, 3.05) is 13.2 Å². The van der Waals surface area contributed by atoms with Crippen LogP contribution in [-0.4, -0.2) is 42.0 Å². The van der Waals surface area contributed by atoms with Gasteiger partial charge in [0.2, 0.25) is 0 Å². The molecule has 7 nitrogen and oxygen atoms in total. The summed E-state index contributed by atoms with van der Waals surface area (Å²) in [5.41, 5.74) is 0.176. The molecule has 0 spiro atoms. The Balaban J connectivity index is -0.000000282. The highest BCUT2D eigenvalue weighted by Gasteiger charge is 2.03. The fourth-order valence-corrected chi connectivity index (χ4v) is 0.791. The molecule has 24 heavy (non-hydrogen) atoms. The lowest BCUT2D eigenvalue weighted by molar-refractivity contribution is -0.145. The first-order valence-corrected chi connectivity index (χ1v) is 7.45. The highest BCUT2D eigenvalue weighted by Crippen LogP contribution is 1.88. The van der Waals surface area contributed by atoms with Crippen LogP contribution in [0.5, 0.6) is 0 Å². The van der Waals surface area contributed by atoms with E-state index in [0.29, 0.717) is 13.2 Å². The van der Waals surface area contributed by atoms with E-state index in [1.54, 1.807) is 6.92 Å². The summed E-state index contributed by atoms with van der Waals surface area (Å²) in [6, 6.07) is 0. The lowest BCUT2D eigenvalue weighted by atomic mass is 10.3. The van der Waals surface area contributed by atoms with Gasteiger partial charge >= 0.3 is 17.9 Å². The molecule has 0 bridgehead atoms. The number of ketones is 1. The number of Topliss-reactive ketones (excluding diaryl/α,β-unsaturated/α-hetero) is 1. The molecule has 1 N–H and O–H groups in total. The Morgan fingerprint density at radius 2 is 1.58 bits per heavy atom. The Labute approximate surface area is 143 Å². The van der Waals surface area contributed by atoms with Gasteiger partial charge in [-0.25, -0.2) is 9.59 Å². The fourth-order valence-electron chi connectivity index (χ4n) is 0.791. The van der Waals surface area contributed by atoms with E-state index in [2.05, 4.69) is 22.6 Å².